The lowest BCUT2D eigenvalue weighted by Gasteiger charge is -2.23. The van der Waals surface area contributed by atoms with E-state index in [0.29, 0.717) is 18.3 Å². The molecule has 5 aromatic rings. The molecule has 1 aromatic carbocycles. The smallest absolute Gasteiger partial charge is 0.311 e. The van der Waals surface area contributed by atoms with E-state index < -0.39 is 0 Å². The van der Waals surface area contributed by atoms with E-state index in [2.05, 4.69) is 58.3 Å². The van der Waals surface area contributed by atoms with Gasteiger partial charge in [0.15, 0.2) is 5.82 Å². The van der Waals surface area contributed by atoms with Crippen LogP contribution in [0.3, 0.4) is 0 Å². The van der Waals surface area contributed by atoms with Crippen molar-refractivity contribution in [2.75, 3.05) is 0 Å². The molecule has 0 aliphatic heterocycles. The van der Waals surface area contributed by atoms with Crippen molar-refractivity contribution in [3.05, 3.63) is 83.1 Å². The van der Waals surface area contributed by atoms with Gasteiger partial charge < -0.3 is 4.57 Å². The Morgan fingerprint density at radius 1 is 1.03 bits per heavy atom. The molecule has 0 bridgehead atoms. The summed E-state index contributed by atoms with van der Waals surface area (Å²) in [6, 6.07) is 9.91. The maximum absolute atomic E-state index is 13.9. The molecule has 10 heteroatoms. The number of hydrogen-bond acceptors (Lipinski definition) is 6. The van der Waals surface area contributed by atoms with Crippen molar-refractivity contribution in [2.45, 2.75) is 59.0 Å². The van der Waals surface area contributed by atoms with Gasteiger partial charge >= 0.3 is 5.69 Å². The number of unbranched alkanes of at least 4 members (excludes halogenated alkanes) is 1. The van der Waals surface area contributed by atoms with Crippen molar-refractivity contribution < 1.29 is 0 Å². The first-order chi connectivity index (χ1) is 17.9. The molecule has 1 N–H and O–H groups in total. The van der Waals surface area contributed by atoms with Crippen LogP contribution in [-0.4, -0.2) is 44.3 Å². The second-order valence-corrected chi connectivity index (χ2v) is 10.1. The monoisotopic (exact) mass is 497 g/mol. The highest BCUT2D eigenvalue weighted by atomic mass is 16.1. The standard InChI is InChI=1S/C27H31N9O/c1-5-6-9-20-18-35(25-29-14-15-36(25)27(2,3)4)26(37)34(20)17-19-16-28-13-12-21(19)22-10-7-8-11-23(22)24-30-32-33-31-24/h7-8,10-16,18H,5-6,9,17H2,1-4H3,(H,30,31,32,33). The molecule has 4 aromatic heterocycles. The van der Waals surface area contributed by atoms with Gasteiger partial charge in [-0.2, -0.15) is 0 Å². The van der Waals surface area contributed by atoms with Crippen molar-refractivity contribution >= 4 is 0 Å². The summed E-state index contributed by atoms with van der Waals surface area (Å²) < 4.78 is 5.54. The minimum Gasteiger partial charge on any atom is -0.311 e. The van der Waals surface area contributed by atoms with Crippen LogP contribution in [0.2, 0.25) is 0 Å². The average Bonchev–Trinajstić information content (AvgIpc) is 3.65. The van der Waals surface area contributed by atoms with Gasteiger partial charge in [0.25, 0.3) is 0 Å². The zero-order valence-electron chi connectivity index (χ0n) is 21.6. The SMILES string of the molecule is CCCCc1cn(-c2nccn2C(C)(C)C)c(=O)n1Cc1cnccc1-c1ccccc1-c1nnn[nH]1. The molecular weight excluding hydrogens is 466 g/mol. The number of aryl methyl sites for hydroxylation is 1. The van der Waals surface area contributed by atoms with Crippen LogP contribution < -0.4 is 5.69 Å². The zero-order chi connectivity index (χ0) is 26.0. The maximum Gasteiger partial charge on any atom is 0.335 e. The first kappa shape index (κ1) is 24.4. The fraction of sp³-hybridized carbons (Fsp3) is 0.333. The van der Waals surface area contributed by atoms with Gasteiger partial charge in [0.1, 0.15) is 0 Å². The molecule has 0 atom stereocenters. The Morgan fingerprint density at radius 2 is 1.84 bits per heavy atom. The number of nitrogens with zero attached hydrogens (tertiary/aromatic N) is 8. The minimum absolute atomic E-state index is 0.120. The lowest BCUT2D eigenvalue weighted by molar-refractivity contribution is 0.390. The molecule has 0 spiro atoms. The summed E-state index contributed by atoms with van der Waals surface area (Å²) in [5, 5.41) is 14.4. The molecule has 0 unspecified atom stereocenters. The molecule has 5 rings (SSSR count). The summed E-state index contributed by atoms with van der Waals surface area (Å²) in [4.78, 5) is 22.8. The molecule has 0 saturated heterocycles. The Bertz CT molecular complexity index is 1550. The van der Waals surface area contributed by atoms with Gasteiger partial charge in [-0.3, -0.25) is 9.55 Å². The van der Waals surface area contributed by atoms with Crippen molar-refractivity contribution in [1.82, 2.24) is 44.3 Å². The molecule has 0 amide bonds. The molecule has 10 nitrogen and oxygen atoms in total. The van der Waals surface area contributed by atoms with Crippen LogP contribution in [0.4, 0.5) is 0 Å². The highest BCUT2D eigenvalue weighted by molar-refractivity contribution is 5.81. The van der Waals surface area contributed by atoms with Crippen molar-refractivity contribution in [3.63, 3.8) is 0 Å². The van der Waals surface area contributed by atoms with Gasteiger partial charge in [-0.25, -0.2) is 19.4 Å². The largest absolute Gasteiger partial charge is 0.335 e. The number of H-pyrrole nitrogens is 1. The number of pyridine rings is 1. The number of benzene rings is 1. The number of rotatable bonds is 8. The highest BCUT2D eigenvalue weighted by Crippen LogP contribution is 2.32. The third kappa shape index (κ3) is 4.74. The molecule has 37 heavy (non-hydrogen) atoms. The van der Waals surface area contributed by atoms with Gasteiger partial charge in [-0.05, 0) is 66.8 Å². The maximum atomic E-state index is 13.9. The summed E-state index contributed by atoms with van der Waals surface area (Å²) in [6.07, 6.45) is 12.0. The Kier molecular flexibility index (Phi) is 6.56. The number of nitrogens with one attached hydrogen (secondary N) is 1. The minimum atomic E-state index is -0.216. The fourth-order valence-corrected chi connectivity index (χ4v) is 4.58. The van der Waals surface area contributed by atoms with E-state index in [1.165, 1.54) is 0 Å². The van der Waals surface area contributed by atoms with E-state index >= 15 is 0 Å². The van der Waals surface area contributed by atoms with Crippen LogP contribution in [0.1, 0.15) is 51.8 Å². The topological polar surface area (TPSA) is 112 Å². The van der Waals surface area contributed by atoms with Crippen molar-refractivity contribution in [2.24, 2.45) is 0 Å². The van der Waals surface area contributed by atoms with Gasteiger partial charge in [0, 0.05) is 47.8 Å². The molecule has 0 aliphatic carbocycles. The van der Waals surface area contributed by atoms with E-state index in [1.54, 1.807) is 17.0 Å². The summed E-state index contributed by atoms with van der Waals surface area (Å²) >= 11 is 0. The number of imidazole rings is 2. The highest BCUT2D eigenvalue weighted by Gasteiger charge is 2.22. The molecule has 0 fully saturated rings. The number of aromatic nitrogens is 9. The lowest BCUT2D eigenvalue weighted by Crippen LogP contribution is -2.30. The first-order valence-electron chi connectivity index (χ1n) is 12.5. The first-order valence-corrected chi connectivity index (χ1v) is 12.5. The Hall–Kier alpha value is -4.34. The molecule has 0 radical (unpaired) electrons. The second-order valence-electron chi connectivity index (χ2n) is 10.1. The second kappa shape index (κ2) is 9.96. The molecule has 0 aliphatic rings. The molecule has 190 valence electrons. The Morgan fingerprint density at radius 3 is 2.57 bits per heavy atom. The van der Waals surface area contributed by atoms with Crippen LogP contribution in [0.25, 0.3) is 28.5 Å². The lowest BCUT2D eigenvalue weighted by atomic mass is 9.96. The van der Waals surface area contributed by atoms with E-state index in [9.17, 15) is 4.79 Å². The third-order valence-corrected chi connectivity index (χ3v) is 6.46. The summed E-state index contributed by atoms with van der Waals surface area (Å²) in [5.74, 6) is 1.20. The molecule has 0 saturated carbocycles. The third-order valence-electron chi connectivity index (χ3n) is 6.46. The van der Waals surface area contributed by atoms with Gasteiger partial charge in [-0.15, -0.1) is 5.10 Å². The Labute approximate surface area is 215 Å². The van der Waals surface area contributed by atoms with Gasteiger partial charge in [-0.1, -0.05) is 37.6 Å². The van der Waals surface area contributed by atoms with Crippen LogP contribution in [-0.2, 0) is 18.5 Å². The summed E-state index contributed by atoms with van der Waals surface area (Å²) in [6.45, 7) is 8.83. The number of hydrogen-bond donors (Lipinski definition) is 1. The van der Waals surface area contributed by atoms with E-state index in [-0.39, 0.29) is 11.2 Å². The summed E-state index contributed by atoms with van der Waals surface area (Å²) in [5.41, 5.74) is 4.38. The predicted octanol–water partition coefficient (Wildman–Crippen LogP) is 4.22. The van der Waals surface area contributed by atoms with Crippen LogP contribution in [0.5, 0.6) is 0 Å². The van der Waals surface area contributed by atoms with Gasteiger partial charge in [0.2, 0.25) is 5.95 Å². The molecular formula is C27H31N9O. The number of tetrazole rings is 1. The van der Waals surface area contributed by atoms with E-state index in [1.807, 2.05) is 58.1 Å². The van der Waals surface area contributed by atoms with Crippen molar-refractivity contribution in [3.8, 4) is 28.5 Å². The van der Waals surface area contributed by atoms with E-state index in [0.717, 1.165) is 47.2 Å². The van der Waals surface area contributed by atoms with Crippen LogP contribution in [0.15, 0.2) is 66.1 Å². The predicted molar refractivity (Wildman–Crippen MR) is 141 cm³/mol. The average molecular weight is 498 g/mol. The quantitative estimate of drug-likeness (QED) is 0.343. The van der Waals surface area contributed by atoms with E-state index in [4.69, 9.17) is 0 Å². The Balaban J connectivity index is 1.62. The fourth-order valence-electron chi connectivity index (χ4n) is 4.58. The summed E-state index contributed by atoms with van der Waals surface area (Å²) in [7, 11) is 0. The molecule has 4 heterocycles. The number of aromatic amines is 1. The van der Waals surface area contributed by atoms with Gasteiger partial charge in [0.05, 0.1) is 6.54 Å². The zero-order valence-corrected chi connectivity index (χ0v) is 21.6. The van der Waals surface area contributed by atoms with Crippen molar-refractivity contribution in [1.29, 1.82) is 0 Å². The van der Waals surface area contributed by atoms with Crippen LogP contribution in [0, 0.1) is 0 Å². The normalized spacial score (nSPS) is 11.8. The van der Waals surface area contributed by atoms with Crippen LogP contribution >= 0.6 is 0 Å².